The number of carboxylic acid groups (broad SMARTS) is 1. The van der Waals surface area contributed by atoms with Gasteiger partial charge in [-0.3, -0.25) is 4.79 Å². The van der Waals surface area contributed by atoms with Crippen LogP contribution in [0.3, 0.4) is 0 Å². The summed E-state index contributed by atoms with van der Waals surface area (Å²) in [6, 6.07) is 5.89. The molecule has 0 spiro atoms. The number of nitrogens with two attached hydrogens (primary N) is 1. The highest BCUT2D eigenvalue weighted by Crippen LogP contribution is 2.25. The van der Waals surface area contributed by atoms with Crippen LogP contribution < -0.4 is 11.1 Å². The second-order valence-electron chi connectivity index (χ2n) is 4.51. The van der Waals surface area contributed by atoms with Gasteiger partial charge in [0.25, 0.3) is 5.91 Å². The summed E-state index contributed by atoms with van der Waals surface area (Å²) in [6.45, 7) is 0. The summed E-state index contributed by atoms with van der Waals surface area (Å²) < 4.78 is 0. The van der Waals surface area contributed by atoms with Crippen LogP contribution in [0.25, 0.3) is 0 Å². The van der Waals surface area contributed by atoms with E-state index in [1.807, 2.05) is 0 Å². The van der Waals surface area contributed by atoms with E-state index < -0.39 is 30.0 Å². The molecule has 1 unspecified atom stereocenters. The van der Waals surface area contributed by atoms with E-state index in [0.717, 1.165) is 0 Å². The maximum Gasteiger partial charge on any atom is 0.327 e. The highest BCUT2D eigenvalue weighted by molar-refractivity contribution is 7.99. The van der Waals surface area contributed by atoms with Gasteiger partial charge in [-0.25, -0.2) is 9.59 Å². The SMILES string of the molecule is NC(=O)NC(C(=O)N1CSC[C@H]1C(=O)O)c1ccccc1. The molecule has 0 aliphatic carbocycles. The summed E-state index contributed by atoms with van der Waals surface area (Å²) >= 11 is 1.36. The van der Waals surface area contributed by atoms with Gasteiger partial charge in [0.05, 0.1) is 5.88 Å². The Bertz CT molecular complexity index is 552. The van der Waals surface area contributed by atoms with E-state index in [-0.39, 0.29) is 5.88 Å². The molecule has 1 saturated heterocycles. The van der Waals surface area contributed by atoms with Crippen LogP contribution in [0.2, 0.25) is 0 Å². The summed E-state index contributed by atoms with van der Waals surface area (Å²) in [5.74, 6) is -0.921. The molecule has 0 aromatic heterocycles. The van der Waals surface area contributed by atoms with E-state index in [0.29, 0.717) is 11.3 Å². The average molecular weight is 309 g/mol. The topological polar surface area (TPSA) is 113 Å². The number of rotatable bonds is 4. The number of nitrogens with zero attached hydrogens (tertiary/aromatic N) is 1. The van der Waals surface area contributed by atoms with E-state index in [9.17, 15) is 14.4 Å². The zero-order valence-electron chi connectivity index (χ0n) is 11.1. The van der Waals surface area contributed by atoms with Gasteiger partial charge >= 0.3 is 12.0 Å². The predicted molar refractivity (Wildman–Crippen MR) is 77.5 cm³/mol. The monoisotopic (exact) mass is 309 g/mol. The zero-order chi connectivity index (χ0) is 15.4. The molecule has 1 heterocycles. The lowest BCUT2D eigenvalue weighted by molar-refractivity contribution is -0.148. The van der Waals surface area contributed by atoms with E-state index in [2.05, 4.69) is 5.32 Å². The Kier molecular flexibility index (Phi) is 4.69. The zero-order valence-corrected chi connectivity index (χ0v) is 11.9. The van der Waals surface area contributed by atoms with Crippen molar-refractivity contribution in [2.45, 2.75) is 12.1 Å². The second-order valence-corrected chi connectivity index (χ2v) is 5.51. The minimum atomic E-state index is -1.06. The van der Waals surface area contributed by atoms with E-state index in [1.54, 1.807) is 30.3 Å². The number of hydrogen-bond donors (Lipinski definition) is 3. The van der Waals surface area contributed by atoms with Crippen molar-refractivity contribution in [1.82, 2.24) is 10.2 Å². The van der Waals surface area contributed by atoms with Gasteiger partial charge in [-0.1, -0.05) is 30.3 Å². The minimum absolute atomic E-state index is 0.277. The lowest BCUT2D eigenvalue weighted by Gasteiger charge is -2.26. The summed E-state index contributed by atoms with van der Waals surface area (Å²) in [6.07, 6.45) is 0. The molecule has 1 aliphatic heterocycles. The van der Waals surface area contributed by atoms with E-state index >= 15 is 0 Å². The van der Waals surface area contributed by atoms with Crippen LogP contribution in [0.1, 0.15) is 11.6 Å². The van der Waals surface area contributed by atoms with Crippen LogP contribution in [-0.2, 0) is 9.59 Å². The number of thioether (sulfide) groups is 1. The summed E-state index contributed by atoms with van der Waals surface area (Å²) in [4.78, 5) is 36.1. The molecular formula is C13H15N3O4S. The highest BCUT2D eigenvalue weighted by atomic mass is 32.2. The molecule has 21 heavy (non-hydrogen) atoms. The van der Waals surface area contributed by atoms with E-state index in [4.69, 9.17) is 10.8 Å². The van der Waals surface area contributed by atoms with Crippen molar-refractivity contribution in [3.05, 3.63) is 35.9 Å². The van der Waals surface area contributed by atoms with Gasteiger partial charge in [0.2, 0.25) is 0 Å². The fourth-order valence-corrected chi connectivity index (χ4v) is 3.26. The third kappa shape index (κ3) is 3.46. The molecule has 2 atom stereocenters. The Labute approximate surface area is 125 Å². The molecular weight excluding hydrogens is 294 g/mol. The van der Waals surface area contributed by atoms with Gasteiger partial charge in [-0.15, -0.1) is 11.8 Å². The molecule has 0 saturated carbocycles. The number of carbonyl (C=O) groups excluding carboxylic acids is 2. The maximum atomic E-state index is 12.6. The van der Waals surface area contributed by atoms with Crippen molar-refractivity contribution in [1.29, 1.82) is 0 Å². The van der Waals surface area contributed by atoms with Crippen molar-refractivity contribution >= 4 is 29.7 Å². The number of amides is 3. The Morgan fingerprint density at radius 2 is 2.00 bits per heavy atom. The fourth-order valence-electron chi connectivity index (χ4n) is 2.11. The Morgan fingerprint density at radius 1 is 1.33 bits per heavy atom. The number of primary amides is 1. The lowest BCUT2D eigenvalue weighted by atomic mass is 10.1. The van der Waals surface area contributed by atoms with Crippen molar-refractivity contribution < 1.29 is 19.5 Å². The number of hydrogen-bond acceptors (Lipinski definition) is 4. The molecule has 1 aromatic carbocycles. The quantitative estimate of drug-likeness (QED) is 0.744. The second kappa shape index (κ2) is 6.49. The number of carboxylic acids is 1. The first-order valence-corrected chi connectivity index (χ1v) is 7.38. The van der Waals surface area contributed by atoms with Crippen molar-refractivity contribution in [2.24, 2.45) is 5.73 Å². The number of carbonyl (C=O) groups is 3. The van der Waals surface area contributed by atoms with Gasteiger partial charge in [0, 0.05) is 5.75 Å². The summed E-state index contributed by atoms with van der Waals surface area (Å²) in [7, 11) is 0. The predicted octanol–water partition coefficient (Wildman–Crippen LogP) is 0.382. The first-order valence-electron chi connectivity index (χ1n) is 6.22. The fraction of sp³-hybridized carbons (Fsp3) is 0.308. The van der Waals surface area contributed by atoms with Crippen molar-refractivity contribution in [3.8, 4) is 0 Å². The maximum absolute atomic E-state index is 12.6. The van der Waals surface area contributed by atoms with Crippen LogP contribution in [0.15, 0.2) is 30.3 Å². The molecule has 8 heteroatoms. The number of nitrogens with one attached hydrogen (secondary N) is 1. The number of aliphatic carboxylic acids is 1. The summed E-state index contributed by atoms with van der Waals surface area (Å²) in [5, 5.41) is 11.5. The molecule has 4 N–H and O–H groups in total. The lowest BCUT2D eigenvalue weighted by Crippen LogP contribution is -2.48. The molecule has 1 aromatic rings. The van der Waals surface area contributed by atoms with Crippen LogP contribution >= 0.6 is 11.8 Å². The normalized spacial score (nSPS) is 19.0. The minimum Gasteiger partial charge on any atom is -0.480 e. The van der Waals surface area contributed by atoms with Gasteiger partial charge in [0.1, 0.15) is 12.1 Å². The van der Waals surface area contributed by atoms with Crippen LogP contribution in [0, 0.1) is 0 Å². The first kappa shape index (κ1) is 15.2. The van der Waals surface area contributed by atoms with Crippen LogP contribution in [0.4, 0.5) is 4.79 Å². The number of benzene rings is 1. The van der Waals surface area contributed by atoms with Gasteiger partial charge in [0.15, 0.2) is 0 Å². The molecule has 1 fully saturated rings. The Balaban J connectivity index is 2.26. The molecule has 1 aliphatic rings. The van der Waals surface area contributed by atoms with E-state index in [1.165, 1.54) is 16.7 Å². The van der Waals surface area contributed by atoms with Gasteiger partial charge in [-0.2, -0.15) is 0 Å². The largest absolute Gasteiger partial charge is 0.480 e. The molecule has 0 radical (unpaired) electrons. The van der Waals surface area contributed by atoms with Crippen LogP contribution in [-0.4, -0.2) is 45.6 Å². The molecule has 0 bridgehead atoms. The third-order valence-electron chi connectivity index (χ3n) is 3.12. The summed E-state index contributed by atoms with van der Waals surface area (Å²) in [5.41, 5.74) is 5.68. The molecule has 2 rings (SSSR count). The molecule has 3 amide bonds. The highest BCUT2D eigenvalue weighted by Gasteiger charge is 2.38. The van der Waals surface area contributed by atoms with Crippen LogP contribution in [0.5, 0.6) is 0 Å². The molecule has 7 nitrogen and oxygen atoms in total. The third-order valence-corrected chi connectivity index (χ3v) is 4.13. The average Bonchev–Trinajstić information content (AvgIpc) is 2.94. The standard InChI is InChI=1S/C13H15N3O4S/c14-13(20)15-10(8-4-2-1-3-5-8)11(17)16-7-21-6-9(16)12(18)19/h1-5,9-10H,6-7H2,(H,18,19)(H3,14,15,20)/t9-,10?/m0/s1. The Morgan fingerprint density at radius 3 is 2.57 bits per heavy atom. The first-order chi connectivity index (χ1) is 10.0. The van der Waals surface area contributed by atoms with Crippen molar-refractivity contribution in [3.63, 3.8) is 0 Å². The number of urea groups is 1. The van der Waals surface area contributed by atoms with Crippen molar-refractivity contribution in [2.75, 3.05) is 11.6 Å². The Hall–Kier alpha value is -2.22. The van der Waals surface area contributed by atoms with Gasteiger partial charge in [-0.05, 0) is 5.56 Å². The smallest absolute Gasteiger partial charge is 0.327 e. The van der Waals surface area contributed by atoms with Gasteiger partial charge < -0.3 is 21.1 Å². The molecule has 112 valence electrons.